The molecule has 0 heterocycles. The lowest BCUT2D eigenvalue weighted by Crippen LogP contribution is -2.45. The molecule has 0 bridgehead atoms. The van der Waals surface area contributed by atoms with E-state index in [0.29, 0.717) is 10.6 Å². The van der Waals surface area contributed by atoms with Crippen LogP contribution in [0, 0.1) is 0 Å². The number of benzene rings is 2. The molecule has 22 heavy (non-hydrogen) atoms. The van der Waals surface area contributed by atoms with Gasteiger partial charge in [0.25, 0.3) is 5.91 Å². The quantitative estimate of drug-likeness (QED) is 0.718. The maximum Gasteiger partial charge on any atom is 0.265 e. The average Bonchev–Trinajstić information content (AvgIpc) is 2.56. The fourth-order valence-electron chi connectivity index (χ4n) is 1.78. The predicted octanol–water partition coefficient (Wildman–Crippen LogP) is 2.65. The lowest BCUT2D eigenvalue weighted by atomic mass is 10.2. The van der Waals surface area contributed by atoms with Crippen LogP contribution in [0.15, 0.2) is 60.7 Å². The molecule has 0 aliphatic heterocycles. The van der Waals surface area contributed by atoms with Crippen molar-refractivity contribution in [2.45, 2.75) is 6.04 Å². The number of amides is 1. The van der Waals surface area contributed by atoms with Crippen LogP contribution in [0.5, 0.6) is 0 Å². The summed E-state index contributed by atoms with van der Waals surface area (Å²) < 4.78 is 0. The number of hydrogen-bond donors (Lipinski definition) is 3. The van der Waals surface area contributed by atoms with Crippen LogP contribution in [-0.4, -0.2) is 23.7 Å². The Hall–Kier alpha value is -2.14. The number of carbonyl (C=O) groups excluding carboxylic acids is 1. The summed E-state index contributed by atoms with van der Waals surface area (Å²) in [6, 6.07) is 15.9. The molecule has 0 spiro atoms. The Bertz CT molecular complexity index is 627. The summed E-state index contributed by atoms with van der Waals surface area (Å²) in [4.78, 5) is 11.9. The first-order valence-corrected chi connectivity index (χ1v) is 7.22. The van der Waals surface area contributed by atoms with E-state index in [-0.39, 0.29) is 18.6 Å². The molecule has 0 saturated heterocycles. The van der Waals surface area contributed by atoms with Gasteiger partial charge in [0, 0.05) is 10.6 Å². The zero-order chi connectivity index (χ0) is 15.8. The second-order valence-corrected chi connectivity index (χ2v) is 5.10. The van der Waals surface area contributed by atoms with Crippen LogP contribution < -0.4 is 10.9 Å². The Balaban J connectivity index is 1.89. The topological polar surface area (TPSA) is 61.4 Å². The Morgan fingerprint density at radius 1 is 1.14 bits per heavy atom. The van der Waals surface area contributed by atoms with E-state index in [1.54, 1.807) is 30.3 Å². The van der Waals surface area contributed by atoms with E-state index in [1.165, 1.54) is 0 Å². The number of nitrogens with one attached hydrogen (secondary N) is 2. The molecule has 2 aromatic carbocycles. The van der Waals surface area contributed by atoms with E-state index in [0.717, 1.165) is 5.56 Å². The maximum absolute atomic E-state index is 11.9. The zero-order valence-corrected chi connectivity index (χ0v) is 12.6. The maximum atomic E-state index is 11.9. The van der Waals surface area contributed by atoms with Gasteiger partial charge in [0.15, 0.2) is 0 Å². The van der Waals surface area contributed by atoms with Crippen LogP contribution in [0.2, 0.25) is 5.02 Å². The van der Waals surface area contributed by atoms with E-state index >= 15 is 0 Å². The van der Waals surface area contributed by atoms with Crippen molar-refractivity contribution in [2.24, 2.45) is 0 Å². The summed E-state index contributed by atoms with van der Waals surface area (Å²) in [5, 5.41) is 9.91. The van der Waals surface area contributed by atoms with Crippen molar-refractivity contribution >= 4 is 23.6 Å². The van der Waals surface area contributed by atoms with Gasteiger partial charge in [-0.3, -0.25) is 10.2 Å². The molecule has 1 unspecified atom stereocenters. The molecule has 0 saturated carbocycles. The number of carbonyl (C=O) groups is 1. The largest absolute Gasteiger partial charge is 0.394 e. The number of hydrogen-bond acceptors (Lipinski definition) is 3. The molecule has 4 nitrogen and oxygen atoms in total. The SMILES string of the molecule is O=C(NNC(/C=C/c1ccccc1)CO)c1ccc(Cl)cc1. The van der Waals surface area contributed by atoms with Gasteiger partial charge in [-0.05, 0) is 29.8 Å². The molecule has 114 valence electrons. The average molecular weight is 317 g/mol. The third kappa shape index (κ3) is 5.00. The second kappa shape index (κ2) is 8.34. The second-order valence-electron chi connectivity index (χ2n) is 4.66. The van der Waals surface area contributed by atoms with E-state index < -0.39 is 0 Å². The minimum absolute atomic E-state index is 0.135. The molecule has 2 aromatic rings. The molecule has 0 fully saturated rings. The molecule has 0 radical (unpaired) electrons. The first-order valence-electron chi connectivity index (χ1n) is 6.84. The highest BCUT2D eigenvalue weighted by Gasteiger charge is 2.07. The highest BCUT2D eigenvalue weighted by molar-refractivity contribution is 6.30. The minimum Gasteiger partial charge on any atom is -0.394 e. The van der Waals surface area contributed by atoms with E-state index in [4.69, 9.17) is 11.6 Å². The van der Waals surface area contributed by atoms with Gasteiger partial charge in [0.1, 0.15) is 0 Å². The van der Waals surface area contributed by atoms with E-state index in [9.17, 15) is 9.90 Å². The minimum atomic E-state index is -0.378. The summed E-state index contributed by atoms with van der Waals surface area (Å²) in [5.74, 6) is -0.289. The number of halogens is 1. The van der Waals surface area contributed by atoms with Gasteiger partial charge in [-0.2, -0.15) is 0 Å². The Kier molecular flexibility index (Phi) is 6.15. The van der Waals surface area contributed by atoms with Crippen LogP contribution in [0.25, 0.3) is 6.08 Å². The van der Waals surface area contributed by atoms with Gasteiger partial charge in [-0.1, -0.05) is 54.1 Å². The fraction of sp³-hybridized carbons (Fsp3) is 0.118. The van der Waals surface area contributed by atoms with Crippen molar-refractivity contribution in [1.29, 1.82) is 0 Å². The molecule has 1 atom stereocenters. The molecule has 2 rings (SSSR count). The normalized spacial score (nSPS) is 12.3. The third-order valence-corrected chi connectivity index (χ3v) is 3.25. The Labute approximate surface area is 134 Å². The molecule has 0 aliphatic rings. The lowest BCUT2D eigenvalue weighted by Gasteiger charge is -2.13. The van der Waals surface area contributed by atoms with Gasteiger partial charge < -0.3 is 5.11 Å². The molecule has 1 amide bonds. The van der Waals surface area contributed by atoms with Crippen molar-refractivity contribution in [1.82, 2.24) is 10.9 Å². The lowest BCUT2D eigenvalue weighted by molar-refractivity contribution is 0.0922. The van der Waals surface area contributed by atoms with Gasteiger partial charge >= 0.3 is 0 Å². The van der Waals surface area contributed by atoms with Crippen molar-refractivity contribution in [3.05, 3.63) is 76.8 Å². The fourth-order valence-corrected chi connectivity index (χ4v) is 1.90. The highest BCUT2D eigenvalue weighted by atomic mass is 35.5. The number of hydrazine groups is 1. The van der Waals surface area contributed by atoms with Crippen molar-refractivity contribution in [3.63, 3.8) is 0 Å². The first kappa shape index (κ1) is 16.2. The van der Waals surface area contributed by atoms with E-state index in [2.05, 4.69) is 10.9 Å². The summed E-state index contributed by atoms with van der Waals surface area (Å²) in [6.07, 6.45) is 3.67. The van der Waals surface area contributed by atoms with Crippen molar-refractivity contribution < 1.29 is 9.90 Å². The van der Waals surface area contributed by atoms with Crippen LogP contribution in [-0.2, 0) is 0 Å². The monoisotopic (exact) mass is 316 g/mol. The third-order valence-electron chi connectivity index (χ3n) is 2.99. The number of aliphatic hydroxyl groups is 1. The molecular formula is C17H17ClN2O2. The molecule has 0 aliphatic carbocycles. The Morgan fingerprint density at radius 3 is 2.45 bits per heavy atom. The number of aliphatic hydroxyl groups excluding tert-OH is 1. The summed E-state index contributed by atoms with van der Waals surface area (Å²) >= 11 is 5.78. The van der Waals surface area contributed by atoms with Crippen LogP contribution in [0.3, 0.4) is 0 Å². The van der Waals surface area contributed by atoms with Crippen molar-refractivity contribution in [3.8, 4) is 0 Å². The smallest absolute Gasteiger partial charge is 0.265 e. The molecule has 0 aromatic heterocycles. The molecule has 3 N–H and O–H groups in total. The first-order chi connectivity index (χ1) is 10.7. The predicted molar refractivity (Wildman–Crippen MR) is 88.4 cm³/mol. The van der Waals surface area contributed by atoms with Crippen molar-refractivity contribution in [2.75, 3.05) is 6.61 Å². The van der Waals surface area contributed by atoms with Crippen LogP contribution >= 0.6 is 11.6 Å². The highest BCUT2D eigenvalue weighted by Crippen LogP contribution is 2.09. The van der Waals surface area contributed by atoms with Gasteiger partial charge in [-0.25, -0.2) is 5.43 Å². The molecular weight excluding hydrogens is 300 g/mol. The summed E-state index contributed by atoms with van der Waals surface area (Å²) in [7, 11) is 0. The zero-order valence-electron chi connectivity index (χ0n) is 11.9. The molecule has 5 heteroatoms. The Morgan fingerprint density at radius 2 is 1.82 bits per heavy atom. The summed E-state index contributed by atoms with van der Waals surface area (Å²) in [6.45, 7) is -0.135. The van der Waals surface area contributed by atoms with Crippen LogP contribution in [0.4, 0.5) is 0 Å². The van der Waals surface area contributed by atoms with Gasteiger partial charge in [-0.15, -0.1) is 0 Å². The van der Waals surface area contributed by atoms with Gasteiger partial charge in [0.2, 0.25) is 0 Å². The van der Waals surface area contributed by atoms with Gasteiger partial charge in [0.05, 0.1) is 12.6 Å². The number of rotatable bonds is 6. The summed E-state index contributed by atoms with van der Waals surface area (Å²) in [5.41, 5.74) is 6.85. The standard InChI is InChI=1S/C17H17ClN2O2/c18-15-9-7-14(8-10-15)17(22)20-19-16(12-21)11-6-13-4-2-1-3-5-13/h1-11,16,19,21H,12H2,(H,20,22)/b11-6+. The van der Waals surface area contributed by atoms with Crippen LogP contribution in [0.1, 0.15) is 15.9 Å². The van der Waals surface area contributed by atoms with E-state index in [1.807, 2.05) is 36.4 Å².